The SMILES string of the molecule is CCOC(=O)C1=C(C)NC(=O)C[C@@H]1c1ccccc1Cl. The Balaban J connectivity index is 2.48. The van der Waals surface area contributed by atoms with Gasteiger partial charge in [0.25, 0.3) is 0 Å². The minimum atomic E-state index is -0.407. The third-order valence-electron chi connectivity index (χ3n) is 3.24. The van der Waals surface area contributed by atoms with Gasteiger partial charge >= 0.3 is 5.97 Å². The highest BCUT2D eigenvalue weighted by molar-refractivity contribution is 6.31. The molecule has 106 valence electrons. The summed E-state index contributed by atoms with van der Waals surface area (Å²) in [5, 5.41) is 3.23. The van der Waals surface area contributed by atoms with Crippen LogP contribution in [-0.4, -0.2) is 18.5 Å². The molecule has 0 saturated heterocycles. The molecule has 0 saturated carbocycles. The standard InChI is InChI=1S/C15H16ClNO3/c1-3-20-15(19)14-9(2)17-13(18)8-11(14)10-6-4-5-7-12(10)16/h4-7,11H,3,8H2,1-2H3,(H,17,18)/t11-/m1/s1. The van der Waals surface area contributed by atoms with Gasteiger partial charge in [0.15, 0.2) is 0 Å². The van der Waals surface area contributed by atoms with Crippen LogP contribution in [0.15, 0.2) is 35.5 Å². The molecular formula is C15H16ClNO3. The Hall–Kier alpha value is -1.81. The first-order valence-corrected chi connectivity index (χ1v) is 6.84. The van der Waals surface area contributed by atoms with Crippen LogP contribution in [0.3, 0.4) is 0 Å². The molecule has 2 rings (SSSR count). The second kappa shape index (κ2) is 6.09. The van der Waals surface area contributed by atoms with Crippen LogP contribution in [0.2, 0.25) is 5.02 Å². The van der Waals surface area contributed by atoms with Gasteiger partial charge in [-0.2, -0.15) is 0 Å². The Morgan fingerprint density at radius 1 is 1.45 bits per heavy atom. The van der Waals surface area contributed by atoms with E-state index in [1.54, 1.807) is 19.9 Å². The highest BCUT2D eigenvalue weighted by Crippen LogP contribution is 2.36. The van der Waals surface area contributed by atoms with Gasteiger partial charge in [0, 0.05) is 23.1 Å². The number of carbonyl (C=O) groups excluding carboxylic acids is 2. The molecule has 0 fully saturated rings. The molecule has 1 atom stereocenters. The highest BCUT2D eigenvalue weighted by Gasteiger charge is 2.33. The van der Waals surface area contributed by atoms with Crippen LogP contribution in [-0.2, 0) is 14.3 Å². The van der Waals surface area contributed by atoms with Crippen LogP contribution in [0.5, 0.6) is 0 Å². The van der Waals surface area contributed by atoms with Crippen molar-refractivity contribution < 1.29 is 14.3 Å². The van der Waals surface area contributed by atoms with Gasteiger partial charge in [0.05, 0.1) is 12.2 Å². The van der Waals surface area contributed by atoms with Crippen molar-refractivity contribution in [3.8, 4) is 0 Å². The molecule has 0 aliphatic carbocycles. The molecule has 1 aliphatic rings. The van der Waals surface area contributed by atoms with Crippen LogP contribution < -0.4 is 5.32 Å². The number of halogens is 1. The molecule has 1 aliphatic heterocycles. The number of hydrogen-bond acceptors (Lipinski definition) is 3. The number of hydrogen-bond donors (Lipinski definition) is 1. The number of carbonyl (C=O) groups is 2. The maximum atomic E-state index is 12.1. The van der Waals surface area contributed by atoms with E-state index >= 15 is 0 Å². The fourth-order valence-electron chi connectivity index (χ4n) is 2.40. The van der Waals surface area contributed by atoms with E-state index in [-0.39, 0.29) is 18.2 Å². The molecule has 0 bridgehead atoms. The molecule has 0 radical (unpaired) electrons. The second-order valence-corrected chi connectivity index (χ2v) is 4.99. The number of rotatable bonds is 3. The lowest BCUT2D eigenvalue weighted by Gasteiger charge is -2.27. The molecular weight excluding hydrogens is 278 g/mol. The zero-order valence-electron chi connectivity index (χ0n) is 11.4. The van der Waals surface area contributed by atoms with Crippen molar-refractivity contribution in [2.24, 2.45) is 0 Å². The lowest BCUT2D eigenvalue weighted by Crippen LogP contribution is -2.34. The molecule has 0 spiro atoms. The topological polar surface area (TPSA) is 55.4 Å². The fourth-order valence-corrected chi connectivity index (χ4v) is 2.67. The van der Waals surface area contributed by atoms with Crippen LogP contribution in [0, 0.1) is 0 Å². The predicted octanol–water partition coefficient (Wildman–Crippen LogP) is 2.78. The van der Waals surface area contributed by atoms with Gasteiger partial charge in [-0.1, -0.05) is 29.8 Å². The Kier molecular flexibility index (Phi) is 4.45. The van der Waals surface area contributed by atoms with E-state index in [2.05, 4.69) is 5.32 Å². The van der Waals surface area contributed by atoms with Crippen molar-refractivity contribution in [3.05, 3.63) is 46.1 Å². The van der Waals surface area contributed by atoms with Crippen LogP contribution in [0.4, 0.5) is 0 Å². The van der Waals surface area contributed by atoms with Gasteiger partial charge in [0.2, 0.25) is 5.91 Å². The Labute approximate surface area is 122 Å². The zero-order chi connectivity index (χ0) is 14.7. The number of amides is 1. The largest absolute Gasteiger partial charge is 0.463 e. The van der Waals surface area contributed by atoms with Crippen LogP contribution in [0.1, 0.15) is 31.7 Å². The van der Waals surface area contributed by atoms with E-state index in [0.717, 1.165) is 5.56 Å². The number of esters is 1. The van der Waals surface area contributed by atoms with Crippen molar-refractivity contribution >= 4 is 23.5 Å². The normalized spacial score (nSPS) is 18.8. The van der Waals surface area contributed by atoms with Crippen molar-refractivity contribution in [3.63, 3.8) is 0 Å². The minimum Gasteiger partial charge on any atom is -0.463 e. The molecule has 4 nitrogen and oxygen atoms in total. The Bertz CT molecular complexity index is 580. The van der Waals surface area contributed by atoms with Gasteiger partial charge in [-0.05, 0) is 25.5 Å². The molecule has 1 N–H and O–H groups in total. The zero-order valence-corrected chi connectivity index (χ0v) is 12.2. The maximum absolute atomic E-state index is 12.1. The van der Waals surface area contributed by atoms with E-state index in [1.165, 1.54) is 0 Å². The lowest BCUT2D eigenvalue weighted by molar-refractivity contribution is -0.139. The molecule has 5 heteroatoms. The summed E-state index contributed by atoms with van der Waals surface area (Å²) in [5.41, 5.74) is 1.77. The molecule has 1 aromatic carbocycles. The Morgan fingerprint density at radius 3 is 2.80 bits per heavy atom. The average Bonchev–Trinajstić information content (AvgIpc) is 2.38. The first-order chi connectivity index (χ1) is 9.54. The summed E-state index contributed by atoms with van der Waals surface area (Å²) < 4.78 is 5.09. The lowest BCUT2D eigenvalue weighted by atomic mass is 9.84. The van der Waals surface area contributed by atoms with Crippen LogP contribution in [0.25, 0.3) is 0 Å². The van der Waals surface area contributed by atoms with E-state index < -0.39 is 5.97 Å². The molecule has 1 aromatic rings. The summed E-state index contributed by atoms with van der Waals surface area (Å²) in [6.45, 7) is 3.74. The molecule has 0 unspecified atom stereocenters. The minimum absolute atomic E-state index is 0.125. The third kappa shape index (κ3) is 2.85. The van der Waals surface area contributed by atoms with Gasteiger partial charge < -0.3 is 10.1 Å². The van der Waals surface area contributed by atoms with Crippen molar-refractivity contribution in [2.75, 3.05) is 6.61 Å². The first kappa shape index (κ1) is 14.6. The maximum Gasteiger partial charge on any atom is 0.336 e. The summed E-state index contributed by atoms with van der Waals surface area (Å²) >= 11 is 6.19. The average molecular weight is 294 g/mol. The summed E-state index contributed by atoms with van der Waals surface area (Å²) in [5.74, 6) is -0.896. The van der Waals surface area contributed by atoms with Crippen molar-refractivity contribution in [2.45, 2.75) is 26.2 Å². The van der Waals surface area contributed by atoms with E-state index in [1.807, 2.05) is 18.2 Å². The van der Waals surface area contributed by atoms with Gasteiger partial charge in [-0.15, -0.1) is 0 Å². The highest BCUT2D eigenvalue weighted by atomic mass is 35.5. The first-order valence-electron chi connectivity index (χ1n) is 6.46. The monoisotopic (exact) mass is 293 g/mol. The Morgan fingerprint density at radius 2 is 2.15 bits per heavy atom. The molecule has 1 amide bonds. The number of ether oxygens (including phenoxy) is 1. The van der Waals surface area contributed by atoms with Gasteiger partial charge in [-0.3, -0.25) is 4.79 Å². The van der Waals surface area contributed by atoms with Gasteiger partial charge in [-0.25, -0.2) is 4.79 Å². The fraction of sp³-hybridized carbons (Fsp3) is 0.333. The number of nitrogens with one attached hydrogen (secondary N) is 1. The summed E-state index contributed by atoms with van der Waals surface area (Å²) in [7, 11) is 0. The number of benzene rings is 1. The molecule has 20 heavy (non-hydrogen) atoms. The summed E-state index contributed by atoms with van der Waals surface area (Å²) in [4.78, 5) is 23.9. The van der Waals surface area contributed by atoms with E-state index in [9.17, 15) is 9.59 Å². The van der Waals surface area contributed by atoms with Crippen LogP contribution >= 0.6 is 11.6 Å². The van der Waals surface area contributed by atoms with Crippen molar-refractivity contribution in [1.29, 1.82) is 0 Å². The van der Waals surface area contributed by atoms with Crippen molar-refractivity contribution in [1.82, 2.24) is 5.32 Å². The molecule has 1 heterocycles. The predicted molar refractivity (Wildman–Crippen MR) is 76.3 cm³/mol. The van der Waals surface area contributed by atoms with E-state index in [4.69, 9.17) is 16.3 Å². The molecule has 0 aromatic heterocycles. The summed E-state index contributed by atoms with van der Waals surface area (Å²) in [6.07, 6.45) is 0.190. The second-order valence-electron chi connectivity index (χ2n) is 4.59. The quantitative estimate of drug-likeness (QED) is 0.872. The third-order valence-corrected chi connectivity index (χ3v) is 3.59. The van der Waals surface area contributed by atoms with Gasteiger partial charge in [0.1, 0.15) is 0 Å². The van der Waals surface area contributed by atoms with E-state index in [0.29, 0.717) is 22.9 Å². The summed E-state index contributed by atoms with van der Waals surface area (Å²) in [6, 6.07) is 7.24. The smallest absolute Gasteiger partial charge is 0.336 e. The number of allylic oxidation sites excluding steroid dienone is 1.